The molecular weight excluding hydrogens is 307 g/mol. The zero-order valence-electron chi connectivity index (χ0n) is 13.6. The minimum absolute atomic E-state index is 0.0216. The molecule has 0 aliphatic heterocycles. The molecule has 126 valence electrons. The van der Waals surface area contributed by atoms with E-state index in [-0.39, 0.29) is 11.9 Å². The lowest BCUT2D eigenvalue weighted by Gasteiger charge is -2.20. The maximum absolute atomic E-state index is 14.4. The van der Waals surface area contributed by atoms with Gasteiger partial charge in [-0.25, -0.2) is 4.39 Å². The van der Waals surface area contributed by atoms with Gasteiger partial charge in [0, 0.05) is 29.8 Å². The first kappa shape index (κ1) is 16.5. The Morgan fingerprint density at radius 3 is 2.54 bits per heavy atom. The number of rotatable bonds is 7. The predicted molar refractivity (Wildman–Crippen MR) is 90.2 cm³/mol. The van der Waals surface area contributed by atoms with E-state index in [1.54, 1.807) is 24.3 Å². The normalized spacial score (nSPS) is 15.1. The molecule has 3 rings (SSSR count). The van der Waals surface area contributed by atoms with Crippen LogP contribution >= 0.6 is 0 Å². The first-order valence-corrected chi connectivity index (χ1v) is 8.04. The quantitative estimate of drug-likeness (QED) is 0.820. The number of carbonyl (C=O) groups is 1. The number of hydrogen-bond acceptors (Lipinski definition) is 3. The molecule has 1 aliphatic carbocycles. The van der Waals surface area contributed by atoms with Gasteiger partial charge in [-0.15, -0.1) is 0 Å². The largest absolute Gasteiger partial charge is 0.497 e. The lowest BCUT2D eigenvalue weighted by atomic mass is 10.0. The number of ether oxygens (including phenoxy) is 1. The smallest absolute Gasteiger partial charge is 0.248 e. The molecule has 1 amide bonds. The number of methoxy groups -OCH3 is 1. The predicted octanol–water partition coefficient (Wildman–Crippen LogP) is 3.17. The molecular formula is C19H21FN2O2. The van der Waals surface area contributed by atoms with Gasteiger partial charge in [-0.1, -0.05) is 18.2 Å². The standard InChI is InChI=1S/C19H21FN2O2/c1-24-15-8-9-16(17(20)10-15)18(13-6-7-13)22-11-12-2-4-14(5-3-12)19(21)23/h2-5,8-10,13,18,22H,6-7,11H2,1H3,(H2,21,23). The molecule has 0 saturated heterocycles. The molecule has 2 aromatic carbocycles. The molecule has 0 radical (unpaired) electrons. The summed E-state index contributed by atoms with van der Waals surface area (Å²) < 4.78 is 19.4. The third-order valence-electron chi connectivity index (χ3n) is 4.40. The van der Waals surface area contributed by atoms with Crippen LogP contribution in [0.25, 0.3) is 0 Å². The molecule has 1 fully saturated rings. The van der Waals surface area contributed by atoms with Crippen molar-refractivity contribution in [2.45, 2.75) is 25.4 Å². The molecule has 1 unspecified atom stereocenters. The Hall–Kier alpha value is -2.40. The number of benzene rings is 2. The fraction of sp³-hybridized carbons (Fsp3) is 0.316. The van der Waals surface area contributed by atoms with Crippen molar-refractivity contribution in [2.75, 3.05) is 7.11 Å². The van der Waals surface area contributed by atoms with Gasteiger partial charge in [0.25, 0.3) is 0 Å². The number of carbonyl (C=O) groups excluding carboxylic acids is 1. The van der Waals surface area contributed by atoms with Gasteiger partial charge in [0.2, 0.25) is 5.91 Å². The number of hydrogen-bond donors (Lipinski definition) is 2. The summed E-state index contributed by atoms with van der Waals surface area (Å²) in [6.07, 6.45) is 2.20. The lowest BCUT2D eigenvalue weighted by Crippen LogP contribution is -2.23. The SMILES string of the molecule is COc1ccc(C(NCc2ccc(C(N)=O)cc2)C2CC2)c(F)c1. The highest BCUT2D eigenvalue weighted by Crippen LogP contribution is 2.42. The second kappa shape index (κ2) is 7.01. The molecule has 0 bridgehead atoms. The summed E-state index contributed by atoms with van der Waals surface area (Å²) in [4.78, 5) is 11.1. The van der Waals surface area contributed by atoms with Crippen LogP contribution in [0.1, 0.15) is 40.4 Å². The third kappa shape index (κ3) is 3.74. The molecule has 0 aromatic heterocycles. The molecule has 1 atom stereocenters. The van der Waals surface area contributed by atoms with E-state index in [9.17, 15) is 9.18 Å². The van der Waals surface area contributed by atoms with Crippen LogP contribution in [0.2, 0.25) is 0 Å². The zero-order chi connectivity index (χ0) is 17.1. The van der Waals surface area contributed by atoms with Crippen molar-refractivity contribution < 1.29 is 13.9 Å². The van der Waals surface area contributed by atoms with Gasteiger partial charge in [-0.2, -0.15) is 0 Å². The summed E-state index contributed by atoms with van der Waals surface area (Å²) in [6.45, 7) is 0.603. The fourth-order valence-corrected chi connectivity index (χ4v) is 2.86. The molecule has 0 heterocycles. The van der Waals surface area contributed by atoms with E-state index in [0.29, 0.717) is 29.3 Å². The number of primary amides is 1. The van der Waals surface area contributed by atoms with Crippen LogP contribution < -0.4 is 15.8 Å². The van der Waals surface area contributed by atoms with Crippen LogP contribution in [-0.4, -0.2) is 13.0 Å². The van der Waals surface area contributed by atoms with Crippen molar-refractivity contribution in [1.29, 1.82) is 0 Å². The summed E-state index contributed by atoms with van der Waals surface area (Å²) in [5.41, 5.74) is 7.43. The summed E-state index contributed by atoms with van der Waals surface area (Å²) >= 11 is 0. The van der Waals surface area contributed by atoms with E-state index in [0.717, 1.165) is 18.4 Å². The second-order valence-corrected chi connectivity index (χ2v) is 6.14. The molecule has 3 N–H and O–H groups in total. The van der Waals surface area contributed by atoms with Crippen molar-refractivity contribution in [1.82, 2.24) is 5.32 Å². The summed E-state index contributed by atoms with van der Waals surface area (Å²) in [5, 5.41) is 3.44. The first-order chi connectivity index (χ1) is 11.6. The first-order valence-electron chi connectivity index (χ1n) is 8.04. The molecule has 1 aliphatic rings. The Kier molecular flexibility index (Phi) is 4.81. The maximum Gasteiger partial charge on any atom is 0.248 e. The lowest BCUT2D eigenvalue weighted by molar-refractivity contribution is 0.100. The molecule has 1 saturated carbocycles. The van der Waals surface area contributed by atoms with Gasteiger partial charge < -0.3 is 15.8 Å². The zero-order valence-corrected chi connectivity index (χ0v) is 13.6. The van der Waals surface area contributed by atoms with E-state index in [1.807, 2.05) is 12.1 Å². The molecule has 0 spiro atoms. The molecule has 24 heavy (non-hydrogen) atoms. The molecule has 2 aromatic rings. The summed E-state index contributed by atoms with van der Waals surface area (Å²) in [6, 6.07) is 12.1. The van der Waals surface area contributed by atoms with E-state index in [4.69, 9.17) is 10.5 Å². The van der Waals surface area contributed by atoms with Crippen LogP contribution in [0.5, 0.6) is 5.75 Å². The highest BCUT2D eigenvalue weighted by molar-refractivity contribution is 5.92. The van der Waals surface area contributed by atoms with Gasteiger partial charge in [0.1, 0.15) is 11.6 Å². The average molecular weight is 328 g/mol. The van der Waals surface area contributed by atoms with Gasteiger partial charge in [-0.3, -0.25) is 4.79 Å². The van der Waals surface area contributed by atoms with Crippen molar-refractivity contribution in [3.8, 4) is 5.75 Å². The number of nitrogens with two attached hydrogens (primary N) is 1. The summed E-state index contributed by atoms with van der Waals surface area (Å²) in [7, 11) is 1.53. The Morgan fingerprint density at radius 2 is 2.00 bits per heavy atom. The molecule has 4 nitrogen and oxygen atoms in total. The van der Waals surface area contributed by atoms with Crippen molar-refractivity contribution in [3.63, 3.8) is 0 Å². The third-order valence-corrected chi connectivity index (χ3v) is 4.40. The van der Waals surface area contributed by atoms with Gasteiger partial charge in [0.15, 0.2) is 0 Å². The topological polar surface area (TPSA) is 64.3 Å². The van der Waals surface area contributed by atoms with Crippen LogP contribution in [0, 0.1) is 11.7 Å². The van der Waals surface area contributed by atoms with E-state index >= 15 is 0 Å². The molecule has 5 heteroatoms. The van der Waals surface area contributed by atoms with Crippen LogP contribution in [0.15, 0.2) is 42.5 Å². The summed E-state index contributed by atoms with van der Waals surface area (Å²) in [5.74, 6) is 0.291. The van der Waals surface area contributed by atoms with Crippen LogP contribution in [0.4, 0.5) is 4.39 Å². The average Bonchev–Trinajstić information content (AvgIpc) is 3.41. The monoisotopic (exact) mass is 328 g/mol. The van der Waals surface area contributed by atoms with Crippen LogP contribution in [-0.2, 0) is 6.54 Å². The van der Waals surface area contributed by atoms with Crippen molar-refractivity contribution in [2.24, 2.45) is 11.7 Å². The Labute approximate surface area is 140 Å². The highest BCUT2D eigenvalue weighted by Gasteiger charge is 2.33. The van der Waals surface area contributed by atoms with Crippen molar-refractivity contribution >= 4 is 5.91 Å². The number of halogens is 1. The van der Waals surface area contributed by atoms with Gasteiger partial charge in [0.05, 0.1) is 7.11 Å². The number of amides is 1. The maximum atomic E-state index is 14.4. The van der Waals surface area contributed by atoms with E-state index in [1.165, 1.54) is 13.2 Å². The second-order valence-electron chi connectivity index (χ2n) is 6.14. The minimum Gasteiger partial charge on any atom is -0.497 e. The minimum atomic E-state index is -0.439. The van der Waals surface area contributed by atoms with Crippen molar-refractivity contribution in [3.05, 3.63) is 65.0 Å². The highest BCUT2D eigenvalue weighted by atomic mass is 19.1. The Morgan fingerprint density at radius 1 is 1.29 bits per heavy atom. The Balaban J connectivity index is 1.72. The fourth-order valence-electron chi connectivity index (χ4n) is 2.86. The van der Waals surface area contributed by atoms with Gasteiger partial charge >= 0.3 is 0 Å². The number of nitrogens with one attached hydrogen (secondary N) is 1. The Bertz CT molecular complexity index is 727. The van der Waals surface area contributed by atoms with Gasteiger partial charge in [-0.05, 0) is 42.5 Å². The van der Waals surface area contributed by atoms with Crippen LogP contribution in [0.3, 0.4) is 0 Å². The van der Waals surface area contributed by atoms with E-state index < -0.39 is 5.91 Å². The van der Waals surface area contributed by atoms with E-state index in [2.05, 4.69) is 5.32 Å².